The molecule has 3 heterocycles. The van der Waals surface area contributed by atoms with Crippen LogP contribution in [0.5, 0.6) is 0 Å². The smallest absolute Gasteiger partial charge is 0.233 e. The van der Waals surface area contributed by atoms with E-state index >= 15 is 0 Å². The highest BCUT2D eigenvalue weighted by atomic mass is 32.1. The van der Waals surface area contributed by atoms with Gasteiger partial charge in [0.2, 0.25) is 17.6 Å². The van der Waals surface area contributed by atoms with Gasteiger partial charge in [0.05, 0.1) is 20.8 Å². The summed E-state index contributed by atoms with van der Waals surface area (Å²) in [5.41, 5.74) is 2.78. The van der Waals surface area contributed by atoms with E-state index in [1.807, 2.05) is 73.0 Å². The first-order chi connectivity index (χ1) is 15.7. The van der Waals surface area contributed by atoms with E-state index in [4.69, 9.17) is 9.51 Å². The SMILES string of the molecule is Cc1ccccc1N(C(=O)CCCc1nc(-c2cccs2)no1)c1nc2ccccc2s1. The molecule has 5 rings (SSSR count). The van der Waals surface area contributed by atoms with Crippen LogP contribution >= 0.6 is 22.7 Å². The number of anilines is 2. The number of thiophene rings is 1. The van der Waals surface area contributed by atoms with Gasteiger partial charge in [-0.1, -0.05) is 52.9 Å². The molecule has 0 aliphatic heterocycles. The summed E-state index contributed by atoms with van der Waals surface area (Å²) in [6, 6.07) is 19.7. The first kappa shape index (κ1) is 20.5. The maximum atomic E-state index is 13.4. The number of fused-ring (bicyclic) bond motifs is 1. The zero-order valence-corrected chi connectivity index (χ0v) is 19.0. The molecule has 0 bridgehead atoms. The third-order valence-corrected chi connectivity index (χ3v) is 6.96. The molecule has 0 atom stereocenters. The predicted molar refractivity (Wildman–Crippen MR) is 128 cm³/mol. The van der Waals surface area contributed by atoms with Gasteiger partial charge in [-0.15, -0.1) is 11.3 Å². The van der Waals surface area contributed by atoms with Gasteiger partial charge in [0.15, 0.2) is 5.13 Å². The van der Waals surface area contributed by atoms with E-state index in [9.17, 15) is 4.79 Å². The Hall–Kier alpha value is -3.36. The van der Waals surface area contributed by atoms with Crippen molar-refractivity contribution in [3.63, 3.8) is 0 Å². The van der Waals surface area contributed by atoms with E-state index < -0.39 is 0 Å². The average molecular weight is 461 g/mol. The molecule has 0 aliphatic carbocycles. The average Bonchev–Trinajstić information content (AvgIpc) is 3.55. The lowest BCUT2D eigenvalue weighted by atomic mass is 10.1. The Labute approximate surface area is 193 Å². The number of aromatic nitrogens is 3. The lowest BCUT2D eigenvalue weighted by Crippen LogP contribution is -2.26. The highest BCUT2D eigenvalue weighted by Crippen LogP contribution is 2.35. The Morgan fingerprint density at radius 3 is 2.69 bits per heavy atom. The minimum absolute atomic E-state index is 0.00338. The monoisotopic (exact) mass is 460 g/mol. The fourth-order valence-electron chi connectivity index (χ4n) is 3.48. The van der Waals surface area contributed by atoms with Crippen LogP contribution in [0.15, 0.2) is 70.6 Å². The van der Waals surface area contributed by atoms with Gasteiger partial charge in [0.25, 0.3) is 0 Å². The summed E-state index contributed by atoms with van der Waals surface area (Å²) >= 11 is 3.09. The molecule has 3 aromatic heterocycles. The van der Waals surface area contributed by atoms with Gasteiger partial charge in [-0.3, -0.25) is 9.69 Å². The van der Waals surface area contributed by atoms with Gasteiger partial charge in [0, 0.05) is 12.8 Å². The molecule has 0 unspecified atom stereocenters. The number of hydrogen-bond acceptors (Lipinski definition) is 7. The van der Waals surface area contributed by atoms with Crippen LogP contribution in [0.3, 0.4) is 0 Å². The molecule has 1 amide bonds. The quantitative estimate of drug-likeness (QED) is 0.281. The second kappa shape index (κ2) is 9.02. The Bertz CT molecular complexity index is 1320. The van der Waals surface area contributed by atoms with Crippen molar-refractivity contribution in [1.29, 1.82) is 0 Å². The highest BCUT2D eigenvalue weighted by molar-refractivity contribution is 7.22. The molecule has 0 N–H and O–H groups in total. The van der Waals surface area contributed by atoms with Crippen LogP contribution in [0.2, 0.25) is 0 Å². The van der Waals surface area contributed by atoms with Crippen molar-refractivity contribution < 1.29 is 9.32 Å². The molecule has 0 spiro atoms. The predicted octanol–water partition coefficient (Wildman–Crippen LogP) is 6.40. The van der Waals surface area contributed by atoms with Crippen molar-refractivity contribution >= 4 is 49.6 Å². The molecule has 160 valence electrons. The number of amides is 1. The first-order valence-corrected chi connectivity index (χ1v) is 12.0. The van der Waals surface area contributed by atoms with E-state index in [2.05, 4.69) is 10.1 Å². The Balaban J connectivity index is 1.34. The van der Waals surface area contributed by atoms with Crippen molar-refractivity contribution in [3.05, 3.63) is 77.5 Å². The number of benzene rings is 2. The van der Waals surface area contributed by atoms with Crippen molar-refractivity contribution in [1.82, 2.24) is 15.1 Å². The van der Waals surface area contributed by atoms with Crippen LogP contribution in [0.4, 0.5) is 10.8 Å². The van der Waals surface area contributed by atoms with E-state index in [1.165, 1.54) is 11.3 Å². The number of aryl methyl sites for hydroxylation is 2. The lowest BCUT2D eigenvalue weighted by Gasteiger charge is -2.21. The normalized spacial score (nSPS) is 11.2. The van der Waals surface area contributed by atoms with Crippen LogP contribution in [0.1, 0.15) is 24.3 Å². The maximum absolute atomic E-state index is 13.4. The molecule has 8 heteroatoms. The maximum Gasteiger partial charge on any atom is 0.233 e. The largest absolute Gasteiger partial charge is 0.339 e. The standard InChI is InChI=1S/C24H20N4O2S2/c1-16-8-2-4-10-18(16)28(24-25-17-9-3-5-11-19(17)32-24)22(29)14-6-13-21-26-23(27-30-21)20-12-7-15-31-20/h2-5,7-12,15H,6,13-14H2,1H3. The first-order valence-electron chi connectivity index (χ1n) is 10.3. The number of rotatable bonds is 7. The number of carbonyl (C=O) groups is 1. The van der Waals surface area contributed by atoms with Gasteiger partial charge in [-0.25, -0.2) is 4.98 Å². The third kappa shape index (κ3) is 4.19. The van der Waals surface area contributed by atoms with E-state index in [1.54, 1.807) is 16.2 Å². The van der Waals surface area contributed by atoms with Crippen LogP contribution in [0.25, 0.3) is 20.9 Å². The van der Waals surface area contributed by atoms with Crippen LogP contribution < -0.4 is 4.90 Å². The minimum Gasteiger partial charge on any atom is -0.339 e. The van der Waals surface area contributed by atoms with Crippen molar-refractivity contribution in [3.8, 4) is 10.7 Å². The zero-order chi connectivity index (χ0) is 21.9. The minimum atomic E-state index is -0.00338. The summed E-state index contributed by atoms with van der Waals surface area (Å²) in [6.45, 7) is 2.01. The van der Waals surface area contributed by atoms with Crippen molar-refractivity contribution in [2.24, 2.45) is 0 Å². The summed E-state index contributed by atoms with van der Waals surface area (Å²) < 4.78 is 6.43. The molecule has 5 aromatic rings. The van der Waals surface area contributed by atoms with Gasteiger partial charge in [-0.2, -0.15) is 4.98 Å². The summed E-state index contributed by atoms with van der Waals surface area (Å²) in [7, 11) is 0. The fraction of sp³-hybridized carbons (Fsp3) is 0.167. The van der Waals surface area contributed by atoms with Gasteiger partial charge in [0.1, 0.15) is 0 Å². The highest BCUT2D eigenvalue weighted by Gasteiger charge is 2.23. The van der Waals surface area contributed by atoms with Crippen LogP contribution in [-0.2, 0) is 11.2 Å². The summed E-state index contributed by atoms with van der Waals surface area (Å²) in [5.74, 6) is 1.14. The van der Waals surface area contributed by atoms with Crippen molar-refractivity contribution in [2.45, 2.75) is 26.2 Å². The third-order valence-electron chi connectivity index (χ3n) is 5.07. The van der Waals surface area contributed by atoms with E-state index in [0.29, 0.717) is 36.1 Å². The lowest BCUT2D eigenvalue weighted by molar-refractivity contribution is -0.118. The Morgan fingerprint density at radius 2 is 1.88 bits per heavy atom. The molecule has 32 heavy (non-hydrogen) atoms. The molecule has 0 saturated carbocycles. The topological polar surface area (TPSA) is 72.1 Å². The summed E-state index contributed by atoms with van der Waals surface area (Å²) in [6.07, 6.45) is 1.50. The molecule has 0 fully saturated rings. The Morgan fingerprint density at radius 1 is 1.03 bits per heavy atom. The number of hydrogen-bond donors (Lipinski definition) is 0. The molecule has 2 aromatic carbocycles. The van der Waals surface area contributed by atoms with Gasteiger partial charge < -0.3 is 4.52 Å². The van der Waals surface area contributed by atoms with Crippen LogP contribution in [-0.4, -0.2) is 21.0 Å². The molecule has 0 aliphatic rings. The second-order valence-corrected chi connectivity index (χ2v) is 9.28. The Kier molecular flexibility index (Phi) is 5.79. The molecular weight excluding hydrogens is 440 g/mol. The second-order valence-electron chi connectivity index (χ2n) is 7.32. The van der Waals surface area contributed by atoms with Crippen molar-refractivity contribution in [2.75, 3.05) is 4.90 Å². The summed E-state index contributed by atoms with van der Waals surface area (Å²) in [4.78, 5) is 25.3. The fourth-order valence-corrected chi connectivity index (χ4v) is 5.13. The molecule has 0 radical (unpaired) electrons. The number of nitrogens with zero attached hydrogens (tertiary/aromatic N) is 4. The molecule has 6 nitrogen and oxygen atoms in total. The van der Waals surface area contributed by atoms with Crippen LogP contribution in [0, 0.1) is 6.92 Å². The number of carbonyl (C=O) groups excluding carboxylic acids is 1. The van der Waals surface area contributed by atoms with Gasteiger partial charge >= 0.3 is 0 Å². The number of para-hydroxylation sites is 2. The number of thiazole rings is 1. The molecular formula is C24H20N4O2S2. The molecule has 0 saturated heterocycles. The van der Waals surface area contributed by atoms with Gasteiger partial charge in [-0.05, 0) is 48.6 Å². The summed E-state index contributed by atoms with van der Waals surface area (Å²) in [5, 5.41) is 6.71. The van der Waals surface area contributed by atoms with E-state index in [0.717, 1.165) is 26.3 Å². The zero-order valence-electron chi connectivity index (χ0n) is 17.4. The van der Waals surface area contributed by atoms with E-state index in [-0.39, 0.29) is 5.91 Å².